The summed E-state index contributed by atoms with van der Waals surface area (Å²) in [5.74, 6) is 0. The Morgan fingerprint density at radius 3 is 2.29 bits per heavy atom. The van der Waals surface area contributed by atoms with Crippen molar-refractivity contribution in [3.05, 3.63) is 42.5 Å². The van der Waals surface area contributed by atoms with Gasteiger partial charge < -0.3 is 4.57 Å². The highest BCUT2D eigenvalue weighted by molar-refractivity contribution is 7.70. The molecule has 0 bridgehead atoms. The molecule has 0 heterocycles. The minimum atomic E-state index is -2.16. The maximum absolute atomic E-state index is 12.0. The Hall–Kier alpha value is -1.07. The highest BCUT2D eigenvalue weighted by atomic mass is 31.2. The normalized spacial score (nSPS) is 11.9. The standard InChI is InChI=1S/C12H13OP/c1-14(2,13)12-9-5-7-10-6-3-4-8-11(10)12/h3-9H,1-2H3. The fourth-order valence-electron chi connectivity index (χ4n) is 1.68. The molecule has 0 atom stereocenters. The number of hydrogen-bond acceptors (Lipinski definition) is 1. The molecule has 14 heavy (non-hydrogen) atoms. The molecule has 0 aromatic heterocycles. The van der Waals surface area contributed by atoms with Crippen LogP contribution < -0.4 is 5.30 Å². The topological polar surface area (TPSA) is 17.1 Å². The summed E-state index contributed by atoms with van der Waals surface area (Å²) in [6.45, 7) is 3.63. The van der Waals surface area contributed by atoms with Crippen LogP contribution >= 0.6 is 7.14 Å². The fraction of sp³-hybridized carbons (Fsp3) is 0.167. The van der Waals surface area contributed by atoms with E-state index >= 15 is 0 Å². The zero-order valence-electron chi connectivity index (χ0n) is 8.40. The molecular weight excluding hydrogens is 191 g/mol. The monoisotopic (exact) mass is 204 g/mol. The molecule has 2 aromatic rings. The summed E-state index contributed by atoms with van der Waals surface area (Å²) in [7, 11) is -2.16. The largest absolute Gasteiger partial charge is 0.319 e. The molecule has 0 aliphatic heterocycles. The summed E-state index contributed by atoms with van der Waals surface area (Å²) in [6.07, 6.45) is 0. The highest BCUT2D eigenvalue weighted by Gasteiger charge is 2.13. The third-order valence-electron chi connectivity index (χ3n) is 2.35. The average molecular weight is 204 g/mol. The number of fused-ring (bicyclic) bond motifs is 1. The van der Waals surface area contributed by atoms with Gasteiger partial charge in [0.2, 0.25) is 0 Å². The molecule has 0 N–H and O–H groups in total. The Morgan fingerprint density at radius 1 is 0.929 bits per heavy atom. The first-order chi connectivity index (χ1) is 6.59. The van der Waals surface area contributed by atoms with Gasteiger partial charge in [-0.1, -0.05) is 42.5 Å². The van der Waals surface area contributed by atoms with Crippen LogP contribution in [0.15, 0.2) is 42.5 Å². The molecule has 2 rings (SSSR count). The minimum Gasteiger partial charge on any atom is -0.319 e. The maximum atomic E-state index is 12.0. The second kappa shape index (κ2) is 3.25. The molecule has 0 unspecified atom stereocenters. The second-order valence-electron chi connectivity index (χ2n) is 3.85. The Kier molecular flexibility index (Phi) is 2.20. The Balaban J connectivity index is 2.85. The third-order valence-corrected chi connectivity index (χ3v) is 3.90. The van der Waals surface area contributed by atoms with E-state index in [0.29, 0.717) is 0 Å². The SMILES string of the molecule is CP(C)(=O)c1cccc2ccccc12. The van der Waals surface area contributed by atoms with Gasteiger partial charge in [-0.3, -0.25) is 0 Å². The van der Waals surface area contributed by atoms with E-state index in [0.717, 1.165) is 16.1 Å². The van der Waals surface area contributed by atoms with E-state index in [1.807, 2.05) is 43.7 Å². The third kappa shape index (κ3) is 1.60. The molecule has 0 aliphatic rings. The summed E-state index contributed by atoms with van der Waals surface area (Å²) in [6, 6.07) is 14.1. The molecule has 0 saturated heterocycles. The van der Waals surface area contributed by atoms with Gasteiger partial charge in [-0.15, -0.1) is 0 Å². The van der Waals surface area contributed by atoms with Gasteiger partial charge in [0.25, 0.3) is 0 Å². The number of rotatable bonds is 1. The van der Waals surface area contributed by atoms with Crippen LogP contribution in [0.1, 0.15) is 0 Å². The first-order valence-electron chi connectivity index (χ1n) is 4.62. The van der Waals surface area contributed by atoms with Crippen LogP contribution in [-0.2, 0) is 4.57 Å². The van der Waals surface area contributed by atoms with Crippen LogP contribution in [-0.4, -0.2) is 13.3 Å². The van der Waals surface area contributed by atoms with Crippen molar-refractivity contribution in [3.63, 3.8) is 0 Å². The zero-order valence-corrected chi connectivity index (χ0v) is 9.29. The summed E-state index contributed by atoms with van der Waals surface area (Å²) in [5, 5.41) is 3.26. The van der Waals surface area contributed by atoms with E-state index < -0.39 is 7.14 Å². The molecule has 2 aromatic carbocycles. The van der Waals surface area contributed by atoms with Crippen molar-refractivity contribution in [1.82, 2.24) is 0 Å². The van der Waals surface area contributed by atoms with Crippen molar-refractivity contribution in [3.8, 4) is 0 Å². The molecule has 72 valence electrons. The molecule has 1 nitrogen and oxygen atoms in total. The van der Waals surface area contributed by atoms with Crippen LogP contribution in [0.2, 0.25) is 0 Å². The van der Waals surface area contributed by atoms with Crippen molar-refractivity contribution in [2.75, 3.05) is 13.3 Å². The van der Waals surface area contributed by atoms with Gasteiger partial charge in [-0.05, 0) is 24.1 Å². The van der Waals surface area contributed by atoms with Crippen LogP contribution in [0.5, 0.6) is 0 Å². The predicted molar refractivity (Wildman–Crippen MR) is 63.0 cm³/mol. The van der Waals surface area contributed by atoms with Gasteiger partial charge in [0.05, 0.1) is 0 Å². The lowest BCUT2D eigenvalue weighted by Gasteiger charge is -2.10. The van der Waals surface area contributed by atoms with Crippen LogP contribution in [0.3, 0.4) is 0 Å². The smallest absolute Gasteiger partial charge is 0.110 e. The second-order valence-corrected chi connectivity index (χ2v) is 7.03. The quantitative estimate of drug-likeness (QED) is 0.652. The first-order valence-corrected chi connectivity index (χ1v) is 7.22. The van der Waals surface area contributed by atoms with Gasteiger partial charge in [0.15, 0.2) is 0 Å². The van der Waals surface area contributed by atoms with E-state index in [4.69, 9.17) is 0 Å². The van der Waals surface area contributed by atoms with E-state index in [2.05, 4.69) is 12.1 Å². The van der Waals surface area contributed by atoms with E-state index in [1.54, 1.807) is 0 Å². The Bertz CT molecular complexity index is 505. The van der Waals surface area contributed by atoms with Gasteiger partial charge in [-0.25, -0.2) is 0 Å². The number of hydrogen-bond donors (Lipinski definition) is 0. The molecule has 0 aliphatic carbocycles. The summed E-state index contributed by atoms with van der Waals surface area (Å²) >= 11 is 0. The van der Waals surface area contributed by atoms with Crippen molar-refractivity contribution in [2.45, 2.75) is 0 Å². The van der Waals surface area contributed by atoms with E-state index in [9.17, 15) is 4.57 Å². The summed E-state index contributed by atoms with van der Waals surface area (Å²) in [4.78, 5) is 0. The molecule has 0 fully saturated rings. The molecule has 2 heteroatoms. The van der Waals surface area contributed by atoms with Gasteiger partial charge in [-0.2, -0.15) is 0 Å². The van der Waals surface area contributed by atoms with Crippen molar-refractivity contribution in [2.24, 2.45) is 0 Å². The summed E-state index contributed by atoms with van der Waals surface area (Å²) < 4.78 is 12.0. The van der Waals surface area contributed by atoms with Gasteiger partial charge in [0, 0.05) is 5.30 Å². The lowest BCUT2D eigenvalue weighted by molar-refractivity contribution is 0.588. The lowest BCUT2D eigenvalue weighted by Crippen LogP contribution is -2.03. The van der Waals surface area contributed by atoms with Crippen molar-refractivity contribution in [1.29, 1.82) is 0 Å². The van der Waals surface area contributed by atoms with Crippen molar-refractivity contribution < 1.29 is 4.57 Å². The average Bonchev–Trinajstić information content (AvgIpc) is 2.15. The fourth-order valence-corrected chi connectivity index (χ4v) is 2.91. The first kappa shape index (κ1) is 9.48. The summed E-state index contributed by atoms with van der Waals surface area (Å²) in [5.41, 5.74) is 0. The maximum Gasteiger partial charge on any atom is 0.110 e. The molecule has 0 radical (unpaired) electrons. The van der Waals surface area contributed by atoms with Crippen LogP contribution in [0.4, 0.5) is 0 Å². The molecular formula is C12H13OP. The minimum absolute atomic E-state index is 0.982. The molecule has 0 amide bonds. The van der Waals surface area contributed by atoms with E-state index in [1.165, 1.54) is 0 Å². The molecule has 0 spiro atoms. The predicted octanol–water partition coefficient (Wildman–Crippen LogP) is 3.09. The van der Waals surface area contributed by atoms with E-state index in [-0.39, 0.29) is 0 Å². The van der Waals surface area contributed by atoms with Crippen molar-refractivity contribution >= 4 is 23.2 Å². The van der Waals surface area contributed by atoms with Gasteiger partial charge >= 0.3 is 0 Å². The van der Waals surface area contributed by atoms with Crippen LogP contribution in [0.25, 0.3) is 10.8 Å². The Morgan fingerprint density at radius 2 is 1.57 bits per heavy atom. The lowest BCUT2D eigenvalue weighted by atomic mass is 10.1. The van der Waals surface area contributed by atoms with Crippen LogP contribution in [0, 0.1) is 0 Å². The highest BCUT2D eigenvalue weighted by Crippen LogP contribution is 2.37. The Labute approximate surface area is 84.1 Å². The number of benzene rings is 2. The van der Waals surface area contributed by atoms with Gasteiger partial charge in [0.1, 0.15) is 7.14 Å². The zero-order chi connectivity index (χ0) is 10.2. The molecule has 0 saturated carbocycles.